The lowest BCUT2D eigenvalue weighted by Gasteiger charge is -2.29. The van der Waals surface area contributed by atoms with E-state index in [0.717, 1.165) is 18.8 Å². The standard InChI is InChI=1S/C22H27N5O5/c1-16(22(29)24-18-5-9-20(10-6-18)27(30)31)25(2)15-21(28)23-17-3-7-19(8-4-17)26-11-13-32-14-12-26/h3-10,16H,11-15H2,1-2H3,(H,23,28)(H,24,29)/t16-/m1/s1. The van der Waals surface area contributed by atoms with Crippen LogP contribution in [0.25, 0.3) is 0 Å². The third kappa shape index (κ3) is 6.25. The van der Waals surface area contributed by atoms with E-state index in [1.807, 2.05) is 24.3 Å². The first-order valence-corrected chi connectivity index (χ1v) is 10.3. The monoisotopic (exact) mass is 441 g/mol. The summed E-state index contributed by atoms with van der Waals surface area (Å²) in [6.07, 6.45) is 0. The van der Waals surface area contributed by atoms with Gasteiger partial charge in [0, 0.05) is 42.3 Å². The third-order valence-corrected chi connectivity index (χ3v) is 5.31. The van der Waals surface area contributed by atoms with Gasteiger partial charge in [0.05, 0.1) is 30.7 Å². The Bertz CT molecular complexity index is 942. The number of nitro groups is 1. The fourth-order valence-electron chi connectivity index (χ4n) is 3.25. The lowest BCUT2D eigenvalue weighted by molar-refractivity contribution is -0.384. The van der Waals surface area contributed by atoms with Crippen molar-refractivity contribution in [2.75, 3.05) is 55.4 Å². The molecule has 1 fully saturated rings. The minimum atomic E-state index is -0.584. The van der Waals surface area contributed by atoms with Crippen LogP contribution in [0.2, 0.25) is 0 Å². The van der Waals surface area contributed by atoms with E-state index in [2.05, 4.69) is 15.5 Å². The Hall–Kier alpha value is -3.50. The van der Waals surface area contributed by atoms with Crippen molar-refractivity contribution in [1.82, 2.24) is 4.90 Å². The largest absolute Gasteiger partial charge is 0.378 e. The summed E-state index contributed by atoms with van der Waals surface area (Å²) in [5, 5.41) is 16.3. The number of hydrogen-bond donors (Lipinski definition) is 2. The summed E-state index contributed by atoms with van der Waals surface area (Å²) in [5.74, 6) is -0.550. The smallest absolute Gasteiger partial charge is 0.269 e. The van der Waals surface area contributed by atoms with Crippen LogP contribution in [0.1, 0.15) is 6.92 Å². The first kappa shape index (κ1) is 23.2. The Morgan fingerprint density at radius 1 is 1.06 bits per heavy atom. The molecule has 2 N–H and O–H groups in total. The van der Waals surface area contributed by atoms with Crippen molar-refractivity contribution in [1.29, 1.82) is 0 Å². The second kappa shape index (κ2) is 10.7. The van der Waals surface area contributed by atoms with Gasteiger partial charge in [-0.15, -0.1) is 0 Å². The zero-order chi connectivity index (χ0) is 23.1. The quantitative estimate of drug-likeness (QED) is 0.477. The molecule has 0 spiro atoms. The van der Waals surface area contributed by atoms with E-state index in [1.54, 1.807) is 18.9 Å². The number of benzene rings is 2. The van der Waals surface area contributed by atoms with E-state index in [1.165, 1.54) is 24.3 Å². The first-order valence-electron chi connectivity index (χ1n) is 10.3. The zero-order valence-corrected chi connectivity index (χ0v) is 18.1. The van der Waals surface area contributed by atoms with Crippen LogP contribution in [0.3, 0.4) is 0 Å². The average Bonchev–Trinajstić information content (AvgIpc) is 2.79. The number of ether oxygens (including phenoxy) is 1. The summed E-state index contributed by atoms with van der Waals surface area (Å²) in [5.41, 5.74) is 2.16. The van der Waals surface area contributed by atoms with E-state index >= 15 is 0 Å². The number of nitrogens with one attached hydrogen (secondary N) is 2. The lowest BCUT2D eigenvalue weighted by atomic mass is 10.2. The molecule has 0 bridgehead atoms. The molecular formula is C22H27N5O5. The number of amides is 2. The summed E-state index contributed by atoms with van der Waals surface area (Å²) in [4.78, 5) is 39.0. The van der Waals surface area contributed by atoms with Crippen molar-refractivity contribution in [3.63, 3.8) is 0 Å². The van der Waals surface area contributed by atoms with Crippen molar-refractivity contribution >= 4 is 34.6 Å². The summed E-state index contributed by atoms with van der Waals surface area (Å²) in [6, 6.07) is 12.6. The second-order valence-electron chi connectivity index (χ2n) is 7.58. The Kier molecular flexibility index (Phi) is 7.74. The number of anilines is 3. The number of morpholine rings is 1. The normalized spacial score (nSPS) is 14.7. The molecule has 1 atom stereocenters. The summed E-state index contributed by atoms with van der Waals surface area (Å²) >= 11 is 0. The minimum Gasteiger partial charge on any atom is -0.378 e. The maximum Gasteiger partial charge on any atom is 0.269 e. The highest BCUT2D eigenvalue weighted by Gasteiger charge is 2.21. The molecule has 32 heavy (non-hydrogen) atoms. The lowest BCUT2D eigenvalue weighted by Crippen LogP contribution is -2.43. The molecule has 2 amide bonds. The predicted molar refractivity (Wildman–Crippen MR) is 122 cm³/mol. The third-order valence-electron chi connectivity index (χ3n) is 5.31. The summed E-state index contributed by atoms with van der Waals surface area (Å²) in [7, 11) is 1.68. The van der Waals surface area contributed by atoms with Gasteiger partial charge < -0.3 is 20.3 Å². The number of carbonyl (C=O) groups excluding carboxylic acids is 2. The molecule has 1 aliphatic rings. The number of rotatable bonds is 8. The van der Waals surface area contributed by atoms with Crippen molar-refractivity contribution in [2.24, 2.45) is 0 Å². The van der Waals surface area contributed by atoms with Gasteiger partial charge in [-0.2, -0.15) is 0 Å². The van der Waals surface area contributed by atoms with Gasteiger partial charge in [-0.05, 0) is 50.4 Å². The number of non-ortho nitro benzene ring substituents is 1. The molecule has 1 aliphatic heterocycles. The molecule has 10 heteroatoms. The second-order valence-corrected chi connectivity index (χ2v) is 7.58. The van der Waals surface area contributed by atoms with Crippen LogP contribution >= 0.6 is 0 Å². The molecular weight excluding hydrogens is 414 g/mol. The molecule has 0 aliphatic carbocycles. The van der Waals surface area contributed by atoms with E-state index < -0.39 is 11.0 Å². The van der Waals surface area contributed by atoms with Gasteiger partial charge in [0.25, 0.3) is 5.69 Å². The van der Waals surface area contributed by atoms with Crippen molar-refractivity contribution in [2.45, 2.75) is 13.0 Å². The fourth-order valence-corrected chi connectivity index (χ4v) is 3.25. The molecule has 1 heterocycles. The number of likely N-dealkylation sites (N-methyl/N-ethyl adjacent to an activating group) is 1. The Morgan fingerprint density at radius 2 is 1.62 bits per heavy atom. The SMILES string of the molecule is C[C@H](C(=O)Nc1ccc([N+](=O)[O-])cc1)N(C)CC(=O)Nc1ccc(N2CCOCC2)cc1. The van der Waals surface area contributed by atoms with Crippen molar-refractivity contribution in [3.8, 4) is 0 Å². The molecule has 0 saturated carbocycles. The van der Waals surface area contributed by atoms with Gasteiger partial charge in [-0.3, -0.25) is 24.6 Å². The van der Waals surface area contributed by atoms with Crippen LogP contribution in [-0.4, -0.2) is 67.6 Å². The molecule has 1 saturated heterocycles. The Balaban J connectivity index is 1.48. The van der Waals surface area contributed by atoms with Crippen molar-refractivity contribution in [3.05, 3.63) is 58.6 Å². The average molecular weight is 441 g/mol. The highest BCUT2D eigenvalue weighted by molar-refractivity contribution is 5.96. The van der Waals surface area contributed by atoms with Crippen LogP contribution in [0.4, 0.5) is 22.7 Å². The van der Waals surface area contributed by atoms with E-state index in [-0.39, 0.29) is 24.0 Å². The molecule has 2 aromatic carbocycles. The Morgan fingerprint density at radius 3 is 2.22 bits per heavy atom. The topological polar surface area (TPSA) is 117 Å². The van der Waals surface area contributed by atoms with Gasteiger partial charge in [-0.25, -0.2) is 0 Å². The summed E-state index contributed by atoms with van der Waals surface area (Å²) < 4.78 is 5.36. The molecule has 3 rings (SSSR count). The molecule has 10 nitrogen and oxygen atoms in total. The number of hydrogen-bond acceptors (Lipinski definition) is 7. The van der Waals surface area contributed by atoms with Gasteiger partial charge in [0.2, 0.25) is 11.8 Å². The number of carbonyl (C=O) groups is 2. The molecule has 0 aromatic heterocycles. The molecule has 0 radical (unpaired) electrons. The Labute approximate surface area is 186 Å². The van der Waals surface area contributed by atoms with Crippen LogP contribution in [0.15, 0.2) is 48.5 Å². The molecule has 2 aromatic rings. The van der Waals surface area contributed by atoms with Gasteiger partial charge in [0.15, 0.2) is 0 Å². The van der Waals surface area contributed by atoms with Gasteiger partial charge >= 0.3 is 0 Å². The number of nitro benzene ring substituents is 1. The van der Waals surface area contributed by atoms with E-state index in [0.29, 0.717) is 24.6 Å². The maximum atomic E-state index is 12.5. The fraction of sp³-hybridized carbons (Fsp3) is 0.364. The van der Waals surface area contributed by atoms with Gasteiger partial charge in [0.1, 0.15) is 0 Å². The van der Waals surface area contributed by atoms with Crippen LogP contribution < -0.4 is 15.5 Å². The summed E-state index contributed by atoms with van der Waals surface area (Å²) in [6.45, 7) is 4.82. The van der Waals surface area contributed by atoms with E-state index in [9.17, 15) is 19.7 Å². The highest BCUT2D eigenvalue weighted by Crippen LogP contribution is 2.19. The number of nitrogens with zero attached hydrogens (tertiary/aromatic N) is 3. The molecule has 0 unspecified atom stereocenters. The highest BCUT2D eigenvalue weighted by atomic mass is 16.6. The predicted octanol–water partition coefficient (Wildman–Crippen LogP) is 2.33. The van der Waals surface area contributed by atoms with Gasteiger partial charge in [-0.1, -0.05) is 0 Å². The zero-order valence-electron chi connectivity index (χ0n) is 18.1. The maximum absolute atomic E-state index is 12.5. The minimum absolute atomic E-state index is 0.0278. The van der Waals surface area contributed by atoms with Crippen LogP contribution in [0, 0.1) is 10.1 Å². The van der Waals surface area contributed by atoms with Crippen molar-refractivity contribution < 1.29 is 19.2 Å². The van der Waals surface area contributed by atoms with Crippen LogP contribution in [0.5, 0.6) is 0 Å². The first-order chi connectivity index (χ1) is 15.3. The van der Waals surface area contributed by atoms with Crippen LogP contribution in [-0.2, 0) is 14.3 Å². The molecule has 170 valence electrons. The van der Waals surface area contributed by atoms with E-state index in [4.69, 9.17) is 4.74 Å².